The van der Waals surface area contributed by atoms with Crippen LogP contribution in [0.25, 0.3) is 5.69 Å². The smallest absolute Gasteiger partial charge is 0.368 e. The second-order valence-corrected chi connectivity index (χ2v) is 5.77. The summed E-state index contributed by atoms with van der Waals surface area (Å²) in [5.74, 6) is 0. The fraction of sp³-hybridized carbons (Fsp3) is 0.182. The summed E-state index contributed by atoms with van der Waals surface area (Å²) in [7, 11) is 1.53. The molecule has 0 saturated heterocycles. The molecule has 0 atom stereocenters. The molecular formula is C11H9IN6O2S. The van der Waals surface area contributed by atoms with Crippen LogP contribution >= 0.6 is 33.9 Å². The maximum absolute atomic E-state index is 12.0. The first-order valence-corrected chi connectivity index (χ1v) is 7.70. The van der Waals surface area contributed by atoms with Gasteiger partial charge in [0, 0.05) is 30.4 Å². The molecule has 0 fully saturated rings. The van der Waals surface area contributed by atoms with Gasteiger partial charge in [-0.1, -0.05) is 11.3 Å². The first-order chi connectivity index (χ1) is 10.6. The van der Waals surface area contributed by atoms with Gasteiger partial charge in [0.1, 0.15) is 10.3 Å². The van der Waals surface area contributed by atoms with E-state index in [4.69, 9.17) is 6.11 Å². The molecule has 3 aromatic rings. The first-order valence-electron chi connectivity index (χ1n) is 6.24. The van der Waals surface area contributed by atoms with Crippen molar-refractivity contribution >= 4 is 33.9 Å². The number of tetrazole rings is 1. The van der Waals surface area contributed by atoms with Crippen molar-refractivity contribution in [3.8, 4) is 10.9 Å². The predicted octanol–water partition coefficient (Wildman–Crippen LogP) is 1.00. The number of nitrogens with zero attached hydrogens (tertiary/aromatic N) is 6. The lowest BCUT2D eigenvalue weighted by atomic mass is 10.2. The van der Waals surface area contributed by atoms with Crippen LogP contribution < -0.4 is 10.4 Å². The average Bonchev–Trinajstić information content (AvgIpc) is 3.05. The summed E-state index contributed by atoms with van der Waals surface area (Å²) in [4.78, 5) is 20.1. The molecule has 0 amide bonds. The van der Waals surface area contributed by atoms with E-state index < -0.39 is 0 Å². The molecule has 0 bridgehead atoms. The Balaban J connectivity index is 1.96. The molecule has 0 spiro atoms. The molecule has 8 nitrogen and oxygen atoms in total. The van der Waals surface area contributed by atoms with Gasteiger partial charge in [-0.3, -0.25) is 0 Å². The van der Waals surface area contributed by atoms with Crippen molar-refractivity contribution in [2.75, 3.05) is 0 Å². The second-order valence-electron chi connectivity index (χ2n) is 3.93. The van der Waals surface area contributed by atoms with E-state index >= 15 is 0 Å². The minimum Gasteiger partial charge on any atom is -0.465 e. The zero-order chi connectivity index (χ0) is 15.7. The van der Waals surface area contributed by atoms with Crippen molar-refractivity contribution in [1.29, 1.82) is 0 Å². The Morgan fingerprint density at radius 3 is 3.00 bits per heavy atom. The van der Waals surface area contributed by atoms with Gasteiger partial charge in [0.25, 0.3) is 5.19 Å². The Labute approximate surface area is 137 Å². The number of ether oxygens (including phenoxy) is 1. The van der Waals surface area contributed by atoms with E-state index in [1.165, 1.54) is 23.1 Å². The van der Waals surface area contributed by atoms with Crippen LogP contribution in [-0.4, -0.2) is 29.8 Å². The highest BCUT2D eigenvalue weighted by Crippen LogP contribution is 2.21. The van der Waals surface area contributed by atoms with E-state index in [1.54, 1.807) is 17.6 Å². The predicted molar refractivity (Wildman–Crippen MR) is 83.6 cm³/mol. The molecule has 0 N–H and O–H groups in total. The Morgan fingerprint density at radius 2 is 2.33 bits per heavy atom. The lowest BCUT2D eigenvalue weighted by Gasteiger charge is -2.09. The fourth-order valence-electron chi connectivity index (χ4n) is 1.64. The van der Waals surface area contributed by atoms with Gasteiger partial charge >= 0.3 is 5.69 Å². The van der Waals surface area contributed by atoms with Gasteiger partial charge in [0.05, 0.1) is 7.06 Å². The van der Waals surface area contributed by atoms with Crippen LogP contribution in [0.4, 0.5) is 0 Å². The van der Waals surface area contributed by atoms with Gasteiger partial charge in [-0.25, -0.2) is 14.8 Å². The van der Waals surface area contributed by atoms with E-state index in [2.05, 4.69) is 43.0 Å². The maximum Gasteiger partial charge on any atom is 0.368 e. The minimum absolute atomic E-state index is 0.159. The summed E-state index contributed by atoms with van der Waals surface area (Å²) >= 11 is 3.30. The highest BCUT2D eigenvalue weighted by atomic mass is 127. The van der Waals surface area contributed by atoms with Crippen molar-refractivity contribution in [3.63, 3.8) is 0 Å². The largest absolute Gasteiger partial charge is 0.465 e. The van der Waals surface area contributed by atoms with E-state index in [0.29, 0.717) is 20.1 Å². The number of pyridine rings is 1. The van der Waals surface area contributed by atoms with Crippen LogP contribution in [0.5, 0.6) is 5.19 Å². The zero-order valence-corrected chi connectivity index (χ0v) is 13.7. The Morgan fingerprint density at radius 1 is 1.48 bits per heavy atom. The lowest BCUT2D eigenvalue weighted by molar-refractivity contribution is 0.302. The molecule has 0 aliphatic rings. The number of halogens is 1. The van der Waals surface area contributed by atoms with E-state index in [1.807, 2.05) is 0 Å². The van der Waals surface area contributed by atoms with Crippen molar-refractivity contribution in [1.82, 2.24) is 29.8 Å². The van der Waals surface area contributed by atoms with Gasteiger partial charge in [-0.05, 0) is 39.1 Å². The molecule has 21 heavy (non-hydrogen) atoms. The van der Waals surface area contributed by atoms with Crippen LogP contribution in [0.1, 0.15) is 6.93 Å². The summed E-state index contributed by atoms with van der Waals surface area (Å²) < 4.78 is 16.0. The maximum atomic E-state index is 12.0. The summed E-state index contributed by atoms with van der Waals surface area (Å²) in [6, 6.07) is 1.68. The van der Waals surface area contributed by atoms with Crippen LogP contribution in [0.15, 0.2) is 28.6 Å². The second kappa shape index (κ2) is 5.89. The lowest BCUT2D eigenvalue weighted by Crippen LogP contribution is -2.23. The van der Waals surface area contributed by atoms with Crippen molar-refractivity contribution in [3.05, 3.63) is 43.6 Å². The van der Waals surface area contributed by atoms with Crippen LogP contribution in [0, 0.1) is 3.70 Å². The van der Waals surface area contributed by atoms with Gasteiger partial charge in [0.2, 0.25) is 0 Å². The van der Waals surface area contributed by atoms with Crippen LogP contribution in [0.2, 0.25) is 0 Å². The molecule has 0 saturated carbocycles. The van der Waals surface area contributed by atoms with Gasteiger partial charge in [-0.15, -0.1) is 0 Å². The number of rotatable bonds is 4. The van der Waals surface area contributed by atoms with Crippen LogP contribution in [0.3, 0.4) is 0 Å². The number of aromatic nitrogens is 6. The number of aryl methyl sites for hydroxylation is 1. The number of hydrogen-bond acceptors (Lipinski definition) is 7. The zero-order valence-electron chi connectivity index (χ0n) is 11.7. The fourth-order valence-corrected chi connectivity index (χ4v) is 2.67. The standard InChI is InChI=1S/C11H9IN6O2S/c1-17-11(19)18(16-15-17)8-2-3-13-9(12)7(8)6-20-10-14-4-5-21-10/h2-5H,6H2,1H3/i4T. The monoisotopic (exact) mass is 418 g/mol. The molecule has 3 rings (SSSR count). The van der Waals surface area contributed by atoms with Crippen LogP contribution in [-0.2, 0) is 13.7 Å². The topological polar surface area (TPSA) is 87.7 Å². The number of hydrogen-bond donors (Lipinski definition) is 0. The normalized spacial score (nSPS) is 11.4. The highest BCUT2D eigenvalue weighted by molar-refractivity contribution is 14.1. The molecule has 0 aromatic carbocycles. The quantitative estimate of drug-likeness (QED) is 0.464. The molecule has 0 unspecified atom stereocenters. The minimum atomic E-state index is -0.356. The average molecular weight is 418 g/mol. The molecule has 3 heterocycles. The Kier molecular flexibility index (Phi) is 3.61. The third-order valence-electron chi connectivity index (χ3n) is 2.64. The third-order valence-corrected chi connectivity index (χ3v) is 4.20. The Bertz CT molecular complexity index is 876. The molecule has 0 aliphatic heterocycles. The first kappa shape index (κ1) is 12.9. The van der Waals surface area contributed by atoms with E-state index in [9.17, 15) is 4.79 Å². The molecule has 0 aliphatic carbocycles. The summed E-state index contributed by atoms with van der Waals surface area (Å²) in [5.41, 5.74) is 0.901. The van der Waals surface area contributed by atoms with E-state index in [0.717, 1.165) is 4.68 Å². The molecule has 10 heteroatoms. The van der Waals surface area contributed by atoms with Gasteiger partial charge in [0.15, 0.2) is 0 Å². The molecule has 0 radical (unpaired) electrons. The highest BCUT2D eigenvalue weighted by Gasteiger charge is 2.15. The molecule has 108 valence electrons. The Hall–Kier alpha value is -1.82. The third kappa shape index (κ3) is 2.81. The van der Waals surface area contributed by atoms with E-state index in [-0.39, 0.29) is 18.5 Å². The van der Waals surface area contributed by atoms with Crippen molar-refractivity contribution in [2.45, 2.75) is 6.61 Å². The summed E-state index contributed by atoms with van der Waals surface area (Å²) in [6.45, 7) is 0.164. The summed E-state index contributed by atoms with van der Waals surface area (Å²) in [6.07, 6.45) is 1.75. The van der Waals surface area contributed by atoms with Crippen molar-refractivity contribution < 1.29 is 6.11 Å². The SMILES string of the molecule is [3H]c1csc(OCc2c(-n3nnn(C)c3=O)ccnc2I)n1. The number of thiazole rings is 1. The molecular weight excluding hydrogens is 407 g/mol. The summed E-state index contributed by atoms with van der Waals surface area (Å²) in [5, 5.41) is 9.51. The van der Waals surface area contributed by atoms with Crippen molar-refractivity contribution in [2.24, 2.45) is 7.05 Å². The van der Waals surface area contributed by atoms with Gasteiger partial charge < -0.3 is 4.74 Å². The van der Waals surface area contributed by atoms with Gasteiger partial charge in [-0.2, -0.15) is 9.36 Å². The molecule has 3 aromatic heterocycles.